The fourth-order valence-electron chi connectivity index (χ4n) is 2.52. The largest absolute Gasteiger partial charge is 0.326 e. The predicted octanol–water partition coefficient (Wildman–Crippen LogP) is 3.26. The zero-order chi connectivity index (χ0) is 14.5. The minimum absolute atomic E-state index is 0.0171. The summed E-state index contributed by atoms with van der Waals surface area (Å²) in [6, 6.07) is 11.9. The van der Waals surface area contributed by atoms with Crippen LogP contribution in [0.15, 0.2) is 48.8 Å². The third kappa shape index (κ3) is 3.57. The SMILES string of the molecule is CC(N)C(c1ccccc1Cl)N(C)Cc1cccnc1. The van der Waals surface area contributed by atoms with Gasteiger partial charge in [0.05, 0.1) is 6.04 Å². The van der Waals surface area contributed by atoms with Crippen molar-refractivity contribution in [3.63, 3.8) is 0 Å². The van der Waals surface area contributed by atoms with E-state index < -0.39 is 0 Å². The summed E-state index contributed by atoms with van der Waals surface area (Å²) >= 11 is 6.32. The summed E-state index contributed by atoms with van der Waals surface area (Å²) in [5.74, 6) is 0. The molecule has 2 unspecified atom stereocenters. The highest BCUT2D eigenvalue weighted by Crippen LogP contribution is 2.29. The average Bonchev–Trinajstić information content (AvgIpc) is 2.42. The topological polar surface area (TPSA) is 42.1 Å². The van der Waals surface area contributed by atoms with E-state index in [0.717, 1.165) is 22.7 Å². The van der Waals surface area contributed by atoms with E-state index in [-0.39, 0.29) is 12.1 Å². The van der Waals surface area contributed by atoms with Crippen molar-refractivity contribution in [2.45, 2.75) is 25.6 Å². The molecule has 0 spiro atoms. The van der Waals surface area contributed by atoms with E-state index in [1.807, 2.05) is 43.5 Å². The molecule has 0 saturated heterocycles. The van der Waals surface area contributed by atoms with E-state index in [0.29, 0.717) is 0 Å². The molecule has 0 aliphatic rings. The van der Waals surface area contributed by atoms with Crippen molar-refractivity contribution in [3.8, 4) is 0 Å². The zero-order valence-corrected chi connectivity index (χ0v) is 12.6. The summed E-state index contributed by atoms with van der Waals surface area (Å²) in [6.45, 7) is 2.79. The number of halogens is 1. The van der Waals surface area contributed by atoms with Gasteiger partial charge in [-0.15, -0.1) is 0 Å². The highest BCUT2D eigenvalue weighted by Gasteiger charge is 2.23. The first-order chi connectivity index (χ1) is 9.59. The minimum atomic E-state index is -0.0171. The quantitative estimate of drug-likeness (QED) is 0.919. The lowest BCUT2D eigenvalue weighted by Crippen LogP contribution is -2.37. The fourth-order valence-corrected chi connectivity index (χ4v) is 2.76. The van der Waals surface area contributed by atoms with Crippen LogP contribution in [-0.4, -0.2) is 23.0 Å². The number of rotatable bonds is 5. The summed E-state index contributed by atoms with van der Waals surface area (Å²) < 4.78 is 0. The predicted molar refractivity (Wildman–Crippen MR) is 83.5 cm³/mol. The molecular formula is C16H20ClN3. The molecule has 0 fully saturated rings. The lowest BCUT2D eigenvalue weighted by Gasteiger charge is -2.32. The van der Waals surface area contributed by atoms with E-state index >= 15 is 0 Å². The summed E-state index contributed by atoms with van der Waals surface area (Å²) in [4.78, 5) is 6.36. The van der Waals surface area contributed by atoms with E-state index in [9.17, 15) is 0 Å². The van der Waals surface area contributed by atoms with Crippen molar-refractivity contribution in [1.29, 1.82) is 0 Å². The van der Waals surface area contributed by atoms with Gasteiger partial charge in [-0.3, -0.25) is 9.88 Å². The van der Waals surface area contributed by atoms with E-state index in [1.165, 1.54) is 0 Å². The molecule has 2 rings (SSSR count). The van der Waals surface area contributed by atoms with Crippen LogP contribution >= 0.6 is 11.6 Å². The molecule has 0 bridgehead atoms. The Balaban J connectivity index is 2.23. The molecule has 106 valence electrons. The molecule has 2 aromatic rings. The van der Waals surface area contributed by atoms with Crippen molar-refractivity contribution < 1.29 is 0 Å². The molecule has 0 aliphatic carbocycles. The average molecular weight is 290 g/mol. The Morgan fingerprint density at radius 1 is 1.25 bits per heavy atom. The number of likely N-dealkylation sites (N-methyl/N-ethyl adjacent to an activating group) is 1. The minimum Gasteiger partial charge on any atom is -0.326 e. The van der Waals surface area contributed by atoms with Crippen molar-refractivity contribution >= 4 is 11.6 Å². The standard InChI is InChI=1S/C16H20ClN3/c1-12(18)16(14-7-3-4-8-15(14)17)20(2)11-13-6-5-9-19-10-13/h3-10,12,16H,11,18H2,1-2H3. The summed E-state index contributed by atoms with van der Waals surface area (Å²) in [5.41, 5.74) is 8.40. The third-order valence-electron chi connectivity index (χ3n) is 3.35. The first-order valence-electron chi connectivity index (χ1n) is 6.68. The van der Waals surface area contributed by atoms with Crippen LogP contribution in [0.2, 0.25) is 5.02 Å². The lowest BCUT2D eigenvalue weighted by atomic mass is 9.99. The van der Waals surface area contributed by atoms with Crippen LogP contribution in [0.4, 0.5) is 0 Å². The van der Waals surface area contributed by atoms with Gasteiger partial charge >= 0.3 is 0 Å². The Morgan fingerprint density at radius 2 is 2.00 bits per heavy atom. The van der Waals surface area contributed by atoms with Crippen molar-refractivity contribution in [2.75, 3.05) is 7.05 Å². The highest BCUT2D eigenvalue weighted by atomic mass is 35.5. The molecule has 20 heavy (non-hydrogen) atoms. The molecule has 1 aromatic heterocycles. The molecule has 2 N–H and O–H groups in total. The molecular weight excluding hydrogens is 270 g/mol. The van der Waals surface area contributed by atoms with Crippen LogP contribution in [0.3, 0.4) is 0 Å². The van der Waals surface area contributed by atoms with Gasteiger partial charge in [-0.25, -0.2) is 0 Å². The number of hydrogen-bond acceptors (Lipinski definition) is 3. The van der Waals surface area contributed by atoms with Gasteiger partial charge in [0.2, 0.25) is 0 Å². The number of nitrogens with zero attached hydrogens (tertiary/aromatic N) is 2. The monoisotopic (exact) mass is 289 g/mol. The first kappa shape index (κ1) is 15.0. The normalized spacial score (nSPS) is 14.2. The van der Waals surface area contributed by atoms with Crippen molar-refractivity contribution in [3.05, 3.63) is 64.9 Å². The molecule has 0 amide bonds. The van der Waals surface area contributed by atoms with Crippen LogP contribution < -0.4 is 5.73 Å². The van der Waals surface area contributed by atoms with E-state index in [1.54, 1.807) is 6.20 Å². The van der Waals surface area contributed by atoms with Gasteiger partial charge in [0.15, 0.2) is 0 Å². The van der Waals surface area contributed by atoms with Gasteiger partial charge in [0, 0.05) is 30.0 Å². The number of pyridine rings is 1. The Hall–Kier alpha value is -1.42. The second-order valence-electron chi connectivity index (χ2n) is 5.10. The second-order valence-corrected chi connectivity index (χ2v) is 5.51. The van der Waals surface area contributed by atoms with Gasteiger partial charge < -0.3 is 5.73 Å². The second kappa shape index (κ2) is 6.84. The van der Waals surface area contributed by atoms with Crippen LogP contribution in [0.5, 0.6) is 0 Å². The Morgan fingerprint density at radius 3 is 2.60 bits per heavy atom. The Labute approximate surface area is 125 Å². The maximum atomic E-state index is 6.32. The smallest absolute Gasteiger partial charge is 0.0511 e. The maximum absolute atomic E-state index is 6.32. The van der Waals surface area contributed by atoms with Crippen LogP contribution in [0.25, 0.3) is 0 Å². The summed E-state index contributed by atoms with van der Waals surface area (Å²) in [7, 11) is 2.06. The molecule has 4 heteroatoms. The van der Waals surface area contributed by atoms with Gasteiger partial charge in [-0.2, -0.15) is 0 Å². The molecule has 1 aromatic carbocycles. The van der Waals surface area contributed by atoms with Crippen LogP contribution in [-0.2, 0) is 6.54 Å². The number of hydrogen-bond donors (Lipinski definition) is 1. The van der Waals surface area contributed by atoms with Gasteiger partial charge in [0.25, 0.3) is 0 Å². The number of aromatic nitrogens is 1. The van der Waals surface area contributed by atoms with E-state index in [2.05, 4.69) is 23.0 Å². The molecule has 0 aliphatic heterocycles. The third-order valence-corrected chi connectivity index (χ3v) is 3.70. The van der Waals surface area contributed by atoms with Crippen LogP contribution in [0.1, 0.15) is 24.1 Å². The van der Waals surface area contributed by atoms with Crippen LogP contribution in [0, 0.1) is 0 Å². The van der Waals surface area contributed by atoms with Gasteiger partial charge in [-0.1, -0.05) is 35.9 Å². The zero-order valence-electron chi connectivity index (χ0n) is 11.8. The van der Waals surface area contributed by atoms with E-state index in [4.69, 9.17) is 17.3 Å². The number of nitrogens with two attached hydrogens (primary N) is 1. The van der Waals surface area contributed by atoms with Crippen molar-refractivity contribution in [1.82, 2.24) is 9.88 Å². The Kier molecular flexibility index (Phi) is 5.12. The highest BCUT2D eigenvalue weighted by molar-refractivity contribution is 6.31. The lowest BCUT2D eigenvalue weighted by molar-refractivity contribution is 0.211. The molecule has 0 saturated carbocycles. The van der Waals surface area contributed by atoms with Gasteiger partial charge in [0.1, 0.15) is 0 Å². The molecule has 2 atom stereocenters. The number of benzene rings is 1. The molecule has 1 heterocycles. The molecule has 0 radical (unpaired) electrons. The fraction of sp³-hybridized carbons (Fsp3) is 0.312. The summed E-state index contributed by atoms with van der Waals surface area (Å²) in [6.07, 6.45) is 3.65. The first-order valence-corrected chi connectivity index (χ1v) is 7.06. The van der Waals surface area contributed by atoms with Gasteiger partial charge in [-0.05, 0) is 37.2 Å². The van der Waals surface area contributed by atoms with Crippen molar-refractivity contribution in [2.24, 2.45) is 5.73 Å². The Bertz CT molecular complexity index is 542. The molecule has 3 nitrogen and oxygen atoms in total. The summed E-state index contributed by atoms with van der Waals surface area (Å²) in [5, 5.41) is 0.757. The maximum Gasteiger partial charge on any atom is 0.0511 e.